The molecule has 0 spiro atoms. The highest BCUT2D eigenvalue weighted by Gasteiger charge is 2.30. The van der Waals surface area contributed by atoms with Gasteiger partial charge in [0, 0.05) is 25.7 Å². The van der Waals surface area contributed by atoms with Gasteiger partial charge in [-0.2, -0.15) is 0 Å². The molecule has 98 heavy (non-hydrogen) atoms. The first kappa shape index (κ1) is 95.5. The van der Waals surface area contributed by atoms with Crippen LogP contribution < -0.4 is 0 Å². The molecule has 19 heteroatoms. The Kier molecular flexibility index (Phi) is 71.0. The summed E-state index contributed by atoms with van der Waals surface area (Å²) in [5.41, 5.74) is 0. The third-order valence-electron chi connectivity index (χ3n) is 17.9. The molecule has 0 aromatic heterocycles. The summed E-state index contributed by atoms with van der Waals surface area (Å²) >= 11 is 0. The Bertz CT molecular complexity index is 1950. The smallest absolute Gasteiger partial charge is 0.462 e. The third kappa shape index (κ3) is 71.9. The van der Waals surface area contributed by atoms with E-state index in [1.807, 2.05) is 0 Å². The van der Waals surface area contributed by atoms with Crippen LogP contribution >= 0.6 is 15.6 Å². The van der Waals surface area contributed by atoms with Crippen molar-refractivity contribution in [2.45, 2.75) is 418 Å². The van der Waals surface area contributed by atoms with Crippen LogP contribution in [-0.2, 0) is 65.4 Å². The maximum atomic E-state index is 13.1. The molecule has 0 aliphatic heterocycles. The number of hydrogen-bond donors (Lipinski definition) is 3. The molecule has 0 heterocycles. The van der Waals surface area contributed by atoms with Crippen molar-refractivity contribution in [1.29, 1.82) is 0 Å². The second-order valence-electron chi connectivity index (χ2n) is 27.7. The first-order valence-electron chi connectivity index (χ1n) is 40.6. The number of allylic oxidation sites excluding steroid dienone is 4. The summed E-state index contributed by atoms with van der Waals surface area (Å²) in [4.78, 5) is 73.0. The zero-order valence-corrected chi connectivity index (χ0v) is 65.0. The van der Waals surface area contributed by atoms with Gasteiger partial charge in [-0.1, -0.05) is 322 Å². The fourth-order valence-electron chi connectivity index (χ4n) is 11.7. The van der Waals surface area contributed by atoms with Gasteiger partial charge in [-0.15, -0.1) is 0 Å². The lowest BCUT2D eigenvalue weighted by atomic mass is 10.0. The lowest BCUT2D eigenvalue weighted by molar-refractivity contribution is -0.161. The summed E-state index contributed by atoms with van der Waals surface area (Å²) in [5, 5.41) is 10.6. The summed E-state index contributed by atoms with van der Waals surface area (Å²) in [6.07, 6.45) is 67.2. The molecule has 0 saturated heterocycles. The van der Waals surface area contributed by atoms with Crippen LogP contribution in [0.15, 0.2) is 24.3 Å². The number of hydrogen-bond acceptors (Lipinski definition) is 15. The van der Waals surface area contributed by atoms with E-state index in [2.05, 4.69) is 52.0 Å². The Balaban J connectivity index is 5.29. The average molecular weight is 1430 g/mol. The predicted molar refractivity (Wildman–Crippen MR) is 400 cm³/mol. The van der Waals surface area contributed by atoms with Gasteiger partial charge in [0.1, 0.15) is 19.3 Å². The molecule has 0 amide bonds. The average Bonchev–Trinajstić information content (AvgIpc) is 1.07. The van der Waals surface area contributed by atoms with Crippen molar-refractivity contribution in [3.8, 4) is 0 Å². The second kappa shape index (κ2) is 72.9. The van der Waals surface area contributed by atoms with Crippen LogP contribution in [0.4, 0.5) is 0 Å². The molecule has 578 valence electrons. The first-order chi connectivity index (χ1) is 47.7. The van der Waals surface area contributed by atoms with E-state index in [0.717, 1.165) is 122 Å². The lowest BCUT2D eigenvalue weighted by Gasteiger charge is -2.21. The molecular weight excluding hydrogens is 1280 g/mol. The summed E-state index contributed by atoms with van der Waals surface area (Å²) < 4.78 is 68.6. The summed E-state index contributed by atoms with van der Waals surface area (Å²) in [7, 11) is -9.93. The largest absolute Gasteiger partial charge is 0.472 e. The number of aliphatic hydroxyl groups is 1. The van der Waals surface area contributed by atoms with E-state index < -0.39 is 97.5 Å². The SMILES string of the molecule is CCCCCC/C=C\CCCCCCCC(=O)O[C@H](COC(=O)CCCCCCCCCCCCCCCCC)COP(=O)(O)OC[C@H](O)COP(=O)(O)OC[C@@H](COC(=O)CCCCCCC/C=C\CCCCCCCC)OC(=O)CCCCCCCCCCCCCCCCC. The minimum atomic E-state index is -4.96. The number of rotatable bonds is 78. The van der Waals surface area contributed by atoms with Gasteiger partial charge in [-0.05, 0) is 77.0 Å². The Morgan fingerprint density at radius 1 is 0.276 bits per heavy atom. The van der Waals surface area contributed by atoms with Crippen molar-refractivity contribution in [1.82, 2.24) is 0 Å². The van der Waals surface area contributed by atoms with Crippen LogP contribution in [0.1, 0.15) is 400 Å². The van der Waals surface area contributed by atoms with Crippen molar-refractivity contribution in [2.75, 3.05) is 39.6 Å². The van der Waals surface area contributed by atoms with E-state index in [4.69, 9.17) is 37.0 Å². The van der Waals surface area contributed by atoms with Gasteiger partial charge in [0.2, 0.25) is 0 Å². The van der Waals surface area contributed by atoms with E-state index in [9.17, 15) is 43.2 Å². The number of esters is 4. The van der Waals surface area contributed by atoms with Crippen molar-refractivity contribution >= 4 is 39.5 Å². The quantitative estimate of drug-likeness (QED) is 0.0169. The predicted octanol–water partition coefficient (Wildman–Crippen LogP) is 23.3. The zero-order valence-electron chi connectivity index (χ0n) is 63.2. The van der Waals surface area contributed by atoms with Gasteiger partial charge in [-0.25, -0.2) is 9.13 Å². The second-order valence-corrected chi connectivity index (χ2v) is 30.6. The summed E-state index contributed by atoms with van der Waals surface area (Å²) in [6.45, 7) is 4.95. The molecule has 2 unspecified atom stereocenters. The van der Waals surface area contributed by atoms with Gasteiger partial charge < -0.3 is 33.8 Å². The van der Waals surface area contributed by atoms with Crippen molar-refractivity contribution in [3.05, 3.63) is 24.3 Å². The van der Waals surface area contributed by atoms with Crippen molar-refractivity contribution < 1.29 is 80.2 Å². The van der Waals surface area contributed by atoms with E-state index >= 15 is 0 Å². The molecule has 0 bridgehead atoms. The Hall–Kier alpha value is -2.46. The molecule has 0 fully saturated rings. The Labute approximate surface area is 599 Å². The summed E-state index contributed by atoms with van der Waals surface area (Å²) in [5.74, 6) is -2.14. The maximum Gasteiger partial charge on any atom is 0.472 e. The van der Waals surface area contributed by atoms with Crippen LogP contribution in [0.5, 0.6) is 0 Å². The molecule has 17 nitrogen and oxygen atoms in total. The van der Waals surface area contributed by atoms with Gasteiger partial charge in [0.05, 0.1) is 26.4 Å². The minimum absolute atomic E-state index is 0.0935. The lowest BCUT2D eigenvalue weighted by Crippen LogP contribution is -2.30. The Morgan fingerprint density at radius 3 is 0.714 bits per heavy atom. The fourth-order valence-corrected chi connectivity index (χ4v) is 13.3. The maximum absolute atomic E-state index is 13.1. The normalized spacial score (nSPS) is 14.0. The molecule has 0 radical (unpaired) electrons. The molecule has 0 aliphatic carbocycles. The number of phosphoric acid groups is 2. The number of carbonyl (C=O) groups is 4. The number of unbranched alkanes of at least 4 members (excludes halogenated alkanes) is 48. The highest BCUT2D eigenvalue weighted by Crippen LogP contribution is 2.45. The number of aliphatic hydroxyl groups excluding tert-OH is 1. The number of ether oxygens (including phenoxy) is 4. The van der Waals surface area contributed by atoms with Gasteiger partial charge in [0.25, 0.3) is 0 Å². The zero-order chi connectivity index (χ0) is 71.8. The van der Waals surface area contributed by atoms with Crippen LogP contribution in [0.25, 0.3) is 0 Å². The standard InChI is InChI=1S/C79H150O17P2/c1-5-9-13-17-21-25-29-33-36-40-43-47-51-55-59-63-76(81)89-69-74(95-78(83)65-61-57-53-49-45-39-32-28-24-20-16-12-8-4)71-93-97(85,86)91-67-73(80)68-92-98(87,88)94-72-75(96-79(84)66-62-58-54-50-46-42-38-35-31-27-23-19-15-11-7-3)70-90-77(82)64-60-56-52-48-44-41-37-34-30-26-22-18-14-10-6-2/h28,32,34,37,73-75,80H,5-27,29-31,33,35-36,38-72H2,1-4H3,(H,85,86)(H,87,88)/b32-28-,37-34-/t73-,74+,75+/m0/s1. The van der Waals surface area contributed by atoms with Crippen molar-refractivity contribution in [2.24, 2.45) is 0 Å². The molecule has 0 aliphatic rings. The van der Waals surface area contributed by atoms with Gasteiger partial charge in [0.15, 0.2) is 12.2 Å². The first-order valence-corrected chi connectivity index (χ1v) is 43.6. The molecule has 0 aromatic carbocycles. The molecule has 0 rings (SSSR count). The summed E-state index contributed by atoms with van der Waals surface area (Å²) in [6, 6.07) is 0. The van der Waals surface area contributed by atoms with Gasteiger partial charge >= 0.3 is 39.5 Å². The van der Waals surface area contributed by atoms with Crippen molar-refractivity contribution in [3.63, 3.8) is 0 Å². The molecule has 3 N–H and O–H groups in total. The monoisotopic (exact) mass is 1430 g/mol. The van der Waals surface area contributed by atoms with Crippen LogP contribution in [-0.4, -0.2) is 96.7 Å². The number of phosphoric ester groups is 2. The molecule has 0 saturated carbocycles. The minimum Gasteiger partial charge on any atom is -0.462 e. The number of carbonyl (C=O) groups excluding carboxylic acids is 4. The Morgan fingerprint density at radius 2 is 0.469 bits per heavy atom. The molecular formula is C79H150O17P2. The third-order valence-corrected chi connectivity index (χ3v) is 19.8. The van der Waals surface area contributed by atoms with E-state index in [0.29, 0.717) is 25.7 Å². The van der Waals surface area contributed by atoms with Gasteiger partial charge in [-0.3, -0.25) is 37.3 Å². The van der Waals surface area contributed by atoms with Crippen LogP contribution in [0.3, 0.4) is 0 Å². The topological polar surface area (TPSA) is 237 Å². The van der Waals surface area contributed by atoms with E-state index in [1.54, 1.807) is 0 Å². The van der Waals surface area contributed by atoms with Crippen LogP contribution in [0.2, 0.25) is 0 Å². The highest BCUT2D eigenvalue weighted by molar-refractivity contribution is 7.47. The molecule has 0 aromatic rings. The van der Waals surface area contributed by atoms with E-state index in [-0.39, 0.29) is 25.7 Å². The van der Waals surface area contributed by atoms with E-state index in [1.165, 1.54) is 199 Å². The fraction of sp³-hybridized carbons (Fsp3) is 0.899. The highest BCUT2D eigenvalue weighted by atomic mass is 31.2. The van der Waals surface area contributed by atoms with Crippen LogP contribution in [0, 0.1) is 0 Å². The molecule has 5 atom stereocenters.